The maximum Gasteiger partial charge on any atom is 0.227 e. The van der Waals surface area contributed by atoms with Crippen molar-refractivity contribution in [1.29, 1.82) is 0 Å². The molecule has 0 bridgehead atoms. The fourth-order valence-corrected chi connectivity index (χ4v) is 3.02. The molecule has 7 nitrogen and oxygen atoms in total. The van der Waals surface area contributed by atoms with Gasteiger partial charge in [0.15, 0.2) is 5.13 Å². The van der Waals surface area contributed by atoms with Crippen molar-refractivity contribution < 1.29 is 4.74 Å². The number of nitrogens with zero attached hydrogens (tertiary/aromatic N) is 5. The van der Waals surface area contributed by atoms with E-state index < -0.39 is 0 Å². The van der Waals surface area contributed by atoms with Crippen molar-refractivity contribution in [2.24, 2.45) is 0 Å². The molecule has 3 heterocycles. The molecular weight excluding hydrogens is 324 g/mol. The predicted molar refractivity (Wildman–Crippen MR) is 96.3 cm³/mol. The molecule has 0 fully saturated rings. The number of pyridine rings is 1. The molecule has 0 saturated heterocycles. The van der Waals surface area contributed by atoms with Gasteiger partial charge in [-0.05, 0) is 19.1 Å². The second-order valence-corrected chi connectivity index (χ2v) is 6.26. The fraction of sp³-hybridized carbons (Fsp3) is 0.250. The number of hydrogen-bond donors (Lipinski definition) is 1. The molecule has 0 aromatic carbocycles. The topological polar surface area (TPSA) is 76.1 Å². The van der Waals surface area contributed by atoms with Gasteiger partial charge in [-0.1, -0.05) is 11.3 Å². The average molecular weight is 342 g/mol. The summed E-state index contributed by atoms with van der Waals surface area (Å²) in [5, 5.41) is 4.10. The highest BCUT2D eigenvalue weighted by Gasteiger charge is 2.13. The number of rotatable bonds is 5. The Bertz CT molecular complexity index is 831. The molecule has 0 aliphatic heterocycles. The lowest BCUT2D eigenvalue weighted by Crippen LogP contribution is -2.07. The van der Waals surface area contributed by atoms with Gasteiger partial charge in [-0.2, -0.15) is 0 Å². The highest BCUT2D eigenvalue weighted by molar-refractivity contribution is 7.19. The van der Waals surface area contributed by atoms with Gasteiger partial charge in [-0.25, -0.2) is 19.9 Å². The molecule has 0 aliphatic rings. The normalized spacial score (nSPS) is 10.5. The minimum atomic E-state index is 0.513. The van der Waals surface area contributed by atoms with E-state index in [9.17, 15) is 0 Å². The second kappa shape index (κ2) is 6.79. The molecular formula is C16H18N6OS. The van der Waals surface area contributed by atoms with Crippen molar-refractivity contribution in [1.82, 2.24) is 19.9 Å². The van der Waals surface area contributed by atoms with Gasteiger partial charge in [-0.15, -0.1) is 0 Å². The lowest BCUT2D eigenvalue weighted by molar-refractivity contribution is 0.398. The zero-order valence-corrected chi connectivity index (χ0v) is 14.8. The predicted octanol–water partition coefficient (Wildman–Crippen LogP) is 3.12. The number of thiazole rings is 1. The molecule has 0 radical (unpaired) electrons. The number of hydrogen-bond acceptors (Lipinski definition) is 8. The van der Waals surface area contributed by atoms with Gasteiger partial charge in [0.2, 0.25) is 11.8 Å². The van der Waals surface area contributed by atoms with E-state index in [4.69, 9.17) is 4.74 Å². The van der Waals surface area contributed by atoms with E-state index in [1.54, 1.807) is 36.9 Å². The number of methoxy groups -OCH3 is 1. The van der Waals surface area contributed by atoms with Gasteiger partial charge in [-0.3, -0.25) is 0 Å². The summed E-state index contributed by atoms with van der Waals surface area (Å²) in [5.74, 6) is 1.07. The van der Waals surface area contributed by atoms with E-state index in [2.05, 4.69) is 25.3 Å². The monoisotopic (exact) mass is 342 g/mol. The molecule has 1 N–H and O–H groups in total. The minimum Gasteiger partial charge on any atom is -0.481 e. The van der Waals surface area contributed by atoms with Gasteiger partial charge in [0.25, 0.3) is 0 Å². The van der Waals surface area contributed by atoms with Crippen molar-refractivity contribution in [2.45, 2.75) is 6.92 Å². The maximum absolute atomic E-state index is 5.05. The molecule has 124 valence electrons. The number of ether oxygens (including phenoxy) is 1. The van der Waals surface area contributed by atoms with Gasteiger partial charge < -0.3 is 15.0 Å². The van der Waals surface area contributed by atoms with E-state index >= 15 is 0 Å². The number of anilines is 3. The largest absolute Gasteiger partial charge is 0.481 e. The van der Waals surface area contributed by atoms with Crippen LogP contribution in [0.5, 0.6) is 5.88 Å². The van der Waals surface area contributed by atoms with Crippen LogP contribution in [0, 0.1) is 6.92 Å². The van der Waals surface area contributed by atoms with Crippen LogP contribution in [0.1, 0.15) is 5.69 Å². The summed E-state index contributed by atoms with van der Waals surface area (Å²) < 4.78 is 5.05. The minimum absolute atomic E-state index is 0.513. The molecule has 3 rings (SSSR count). The van der Waals surface area contributed by atoms with Crippen LogP contribution >= 0.6 is 11.3 Å². The third kappa shape index (κ3) is 3.43. The summed E-state index contributed by atoms with van der Waals surface area (Å²) >= 11 is 1.61. The molecule has 8 heteroatoms. The summed E-state index contributed by atoms with van der Waals surface area (Å²) in [6, 6.07) is 5.53. The standard InChI is InChI=1S/C16H18N6OS/c1-10-14(24-16(19-10)22(2)3)12-7-8-17-15(21-12)20-11-5-6-13(23-4)18-9-11/h5-9H,1-4H3,(H,17,20,21). The highest BCUT2D eigenvalue weighted by atomic mass is 32.1. The Kier molecular flexibility index (Phi) is 4.57. The van der Waals surface area contributed by atoms with E-state index in [1.807, 2.05) is 38.1 Å². The third-order valence-electron chi connectivity index (χ3n) is 3.26. The first-order valence-corrected chi connectivity index (χ1v) is 8.13. The highest BCUT2D eigenvalue weighted by Crippen LogP contribution is 2.33. The van der Waals surface area contributed by atoms with E-state index in [1.165, 1.54) is 0 Å². The third-order valence-corrected chi connectivity index (χ3v) is 4.61. The molecule has 0 amide bonds. The Labute approximate surface area is 144 Å². The zero-order chi connectivity index (χ0) is 17.1. The van der Waals surface area contributed by atoms with Crippen LogP contribution in [-0.4, -0.2) is 41.1 Å². The summed E-state index contributed by atoms with van der Waals surface area (Å²) in [6.45, 7) is 1.99. The summed E-state index contributed by atoms with van der Waals surface area (Å²) in [5.41, 5.74) is 2.60. The zero-order valence-electron chi connectivity index (χ0n) is 13.9. The molecule has 0 atom stereocenters. The molecule has 0 saturated carbocycles. The lowest BCUT2D eigenvalue weighted by Gasteiger charge is -2.06. The first-order chi connectivity index (χ1) is 11.6. The Hall–Kier alpha value is -2.74. The van der Waals surface area contributed by atoms with Crippen molar-refractivity contribution in [3.63, 3.8) is 0 Å². The van der Waals surface area contributed by atoms with Crippen LogP contribution in [0.15, 0.2) is 30.6 Å². The maximum atomic E-state index is 5.05. The lowest BCUT2D eigenvalue weighted by atomic mass is 10.3. The Morgan fingerprint density at radius 1 is 1.12 bits per heavy atom. The summed E-state index contributed by atoms with van der Waals surface area (Å²) in [6.07, 6.45) is 3.41. The summed E-state index contributed by atoms with van der Waals surface area (Å²) in [4.78, 5) is 20.6. The Morgan fingerprint density at radius 2 is 1.96 bits per heavy atom. The molecule has 3 aromatic heterocycles. The Morgan fingerprint density at radius 3 is 2.58 bits per heavy atom. The molecule has 0 unspecified atom stereocenters. The number of aryl methyl sites for hydroxylation is 1. The van der Waals surface area contributed by atoms with Gasteiger partial charge in [0.1, 0.15) is 0 Å². The van der Waals surface area contributed by atoms with E-state index in [-0.39, 0.29) is 0 Å². The average Bonchev–Trinajstić information content (AvgIpc) is 2.98. The Balaban J connectivity index is 1.86. The first kappa shape index (κ1) is 16.1. The quantitative estimate of drug-likeness (QED) is 0.763. The van der Waals surface area contributed by atoms with Crippen molar-refractivity contribution >= 4 is 28.1 Å². The number of aromatic nitrogens is 4. The van der Waals surface area contributed by atoms with Crippen LogP contribution < -0.4 is 15.0 Å². The molecule has 3 aromatic rings. The van der Waals surface area contributed by atoms with Crippen LogP contribution in [0.4, 0.5) is 16.8 Å². The van der Waals surface area contributed by atoms with Gasteiger partial charge in [0, 0.05) is 26.4 Å². The van der Waals surface area contributed by atoms with Crippen LogP contribution in [0.25, 0.3) is 10.6 Å². The van der Waals surface area contributed by atoms with Crippen molar-refractivity contribution in [3.8, 4) is 16.5 Å². The van der Waals surface area contributed by atoms with Crippen molar-refractivity contribution in [2.75, 3.05) is 31.4 Å². The smallest absolute Gasteiger partial charge is 0.227 e. The van der Waals surface area contributed by atoms with Crippen LogP contribution in [0.3, 0.4) is 0 Å². The fourth-order valence-electron chi connectivity index (χ4n) is 2.06. The summed E-state index contributed by atoms with van der Waals surface area (Å²) in [7, 11) is 5.54. The molecule has 0 aliphatic carbocycles. The second-order valence-electron chi connectivity index (χ2n) is 5.29. The molecule has 24 heavy (non-hydrogen) atoms. The van der Waals surface area contributed by atoms with Crippen molar-refractivity contribution in [3.05, 3.63) is 36.3 Å². The van der Waals surface area contributed by atoms with Crippen LogP contribution in [-0.2, 0) is 0 Å². The SMILES string of the molecule is COc1ccc(Nc2nccc(-c3sc(N(C)C)nc3C)n2)cn1. The van der Waals surface area contributed by atoms with E-state index in [0.717, 1.165) is 27.1 Å². The van der Waals surface area contributed by atoms with Gasteiger partial charge in [0.05, 0.1) is 35.3 Å². The van der Waals surface area contributed by atoms with Gasteiger partial charge >= 0.3 is 0 Å². The van der Waals surface area contributed by atoms with E-state index in [0.29, 0.717) is 11.8 Å². The van der Waals surface area contributed by atoms with Crippen LogP contribution in [0.2, 0.25) is 0 Å². The first-order valence-electron chi connectivity index (χ1n) is 7.32. The number of nitrogens with one attached hydrogen (secondary N) is 1. The molecule has 0 spiro atoms.